The Bertz CT molecular complexity index is 341. The number of ether oxygens (including phenoxy) is 1. The highest BCUT2D eigenvalue weighted by atomic mass is 32.2. The van der Waals surface area contributed by atoms with Gasteiger partial charge in [0.15, 0.2) is 5.16 Å². The predicted octanol–water partition coefficient (Wildman–Crippen LogP) is 2.36. The van der Waals surface area contributed by atoms with E-state index in [0.717, 1.165) is 36.0 Å². The molecule has 1 unspecified atom stereocenters. The lowest BCUT2D eigenvalue weighted by atomic mass is 10.3. The smallest absolute Gasteiger partial charge is 0.188 e. The first kappa shape index (κ1) is 15.4. The van der Waals surface area contributed by atoms with Crippen molar-refractivity contribution in [1.82, 2.24) is 9.97 Å². The minimum atomic E-state index is -0.462. The minimum absolute atomic E-state index is 0.387. The van der Waals surface area contributed by atoms with Gasteiger partial charge in [0, 0.05) is 23.7 Å². The Balaban J connectivity index is 2.26. The number of aliphatic hydroxyl groups is 1. The molecule has 1 rings (SSSR count). The van der Waals surface area contributed by atoms with Crippen molar-refractivity contribution in [3.05, 3.63) is 17.5 Å². The van der Waals surface area contributed by atoms with Gasteiger partial charge in [0.1, 0.15) is 0 Å². The van der Waals surface area contributed by atoms with Crippen molar-refractivity contribution in [1.29, 1.82) is 0 Å². The molecule has 1 heterocycles. The molecular weight excluding hydrogens is 248 g/mol. The molecule has 0 bridgehead atoms. The normalized spacial score (nSPS) is 12.7. The van der Waals surface area contributed by atoms with Gasteiger partial charge in [-0.25, -0.2) is 9.97 Å². The summed E-state index contributed by atoms with van der Waals surface area (Å²) in [5, 5.41) is 10.5. The number of nitrogens with zero attached hydrogens (tertiary/aromatic N) is 2. The summed E-state index contributed by atoms with van der Waals surface area (Å²) in [6.45, 7) is 7.12. The van der Waals surface area contributed by atoms with Crippen molar-refractivity contribution < 1.29 is 9.84 Å². The van der Waals surface area contributed by atoms with Crippen LogP contribution in [0.1, 0.15) is 31.2 Å². The first-order valence-electron chi connectivity index (χ1n) is 6.32. The molecule has 0 aliphatic heterocycles. The molecule has 0 saturated heterocycles. The molecule has 0 amide bonds. The zero-order valence-electron chi connectivity index (χ0n) is 11.3. The standard InChI is InChI=1S/C13H22N2O2S/c1-4-5-6-17-8-12(16)9-18-13-14-10(2)7-11(3)15-13/h7,12,16H,4-6,8-9H2,1-3H3. The van der Waals surface area contributed by atoms with E-state index < -0.39 is 6.10 Å². The SMILES string of the molecule is CCCCOCC(O)CSc1nc(C)cc(C)n1. The van der Waals surface area contributed by atoms with Gasteiger partial charge in [-0.05, 0) is 26.3 Å². The zero-order valence-corrected chi connectivity index (χ0v) is 12.2. The summed E-state index contributed by atoms with van der Waals surface area (Å²) in [5.41, 5.74) is 1.91. The molecule has 1 atom stereocenters. The fourth-order valence-electron chi connectivity index (χ4n) is 1.44. The van der Waals surface area contributed by atoms with Crippen LogP contribution in [0.5, 0.6) is 0 Å². The van der Waals surface area contributed by atoms with Crippen LogP contribution < -0.4 is 0 Å². The van der Waals surface area contributed by atoms with Crippen LogP contribution >= 0.6 is 11.8 Å². The van der Waals surface area contributed by atoms with Gasteiger partial charge in [-0.1, -0.05) is 25.1 Å². The summed E-state index contributed by atoms with van der Waals surface area (Å²) in [5.74, 6) is 0.565. The van der Waals surface area contributed by atoms with Crippen molar-refractivity contribution in [3.63, 3.8) is 0 Å². The molecule has 0 aliphatic rings. The maximum Gasteiger partial charge on any atom is 0.188 e. The Kier molecular flexibility index (Phi) is 7.23. The van der Waals surface area contributed by atoms with E-state index in [-0.39, 0.29) is 0 Å². The quantitative estimate of drug-likeness (QED) is 0.446. The fraction of sp³-hybridized carbons (Fsp3) is 0.692. The third-order valence-corrected chi connectivity index (χ3v) is 3.31. The van der Waals surface area contributed by atoms with Gasteiger partial charge >= 0.3 is 0 Å². The van der Waals surface area contributed by atoms with Crippen LogP contribution in [0.15, 0.2) is 11.2 Å². The molecule has 4 nitrogen and oxygen atoms in total. The molecule has 0 saturated carbocycles. The first-order valence-corrected chi connectivity index (χ1v) is 7.31. The highest BCUT2D eigenvalue weighted by Gasteiger charge is 2.07. The van der Waals surface area contributed by atoms with E-state index >= 15 is 0 Å². The number of hydrogen-bond donors (Lipinski definition) is 1. The van der Waals surface area contributed by atoms with Crippen LogP contribution in [0, 0.1) is 13.8 Å². The minimum Gasteiger partial charge on any atom is -0.390 e. The average Bonchev–Trinajstić information content (AvgIpc) is 2.31. The Labute approximate surface area is 113 Å². The van der Waals surface area contributed by atoms with Crippen LogP contribution in [0.25, 0.3) is 0 Å². The Morgan fingerprint density at radius 3 is 2.61 bits per heavy atom. The summed E-state index contributed by atoms with van der Waals surface area (Å²) in [7, 11) is 0. The molecule has 5 heteroatoms. The number of rotatable bonds is 8. The fourth-order valence-corrected chi connectivity index (χ4v) is 2.30. The Hall–Kier alpha value is -0.650. The number of aryl methyl sites for hydroxylation is 2. The zero-order chi connectivity index (χ0) is 13.4. The van der Waals surface area contributed by atoms with Gasteiger partial charge < -0.3 is 9.84 Å². The third-order valence-electron chi connectivity index (χ3n) is 2.32. The molecule has 0 aromatic carbocycles. The van der Waals surface area contributed by atoms with E-state index in [9.17, 15) is 5.11 Å². The van der Waals surface area contributed by atoms with Crippen molar-refractivity contribution >= 4 is 11.8 Å². The van der Waals surface area contributed by atoms with E-state index in [0.29, 0.717) is 12.4 Å². The van der Waals surface area contributed by atoms with Gasteiger partial charge in [0.25, 0.3) is 0 Å². The Morgan fingerprint density at radius 1 is 1.33 bits per heavy atom. The second kappa shape index (κ2) is 8.45. The maximum absolute atomic E-state index is 9.75. The lowest BCUT2D eigenvalue weighted by Crippen LogP contribution is -2.18. The summed E-state index contributed by atoms with van der Waals surface area (Å²) in [6.07, 6.45) is 1.69. The molecule has 1 aromatic rings. The molecule has 0 spiro atoms. The van der Waals surface area contributed by atoms with E-state index in [4.69, 9.17) is 4.74 Å². The lowest BCUT2D eigenvalue weighted by Gasteiger charge is -2.10. The summed E-state index contributed by atoms with van der Waals surface area (Å²) < 4.78 is 5.37. The molecule has 18 heavy (non-hydrogen) atoms. The van der Waals surface area contributed by atoms with Gasteiger partial charge in [-0.2, -0.15) is 0 Å². The van der Waals surface area contributed by atoms with Gasteiger partial charge in [0.2, 0.25) is 0 Å². The maximum atomic E-state index is 9.75. The summed E-state index contributed by atoms with van der Waals surface area (Å²) in [4.78, 5) is 8.63. The van der Waals surface area contributed by atoms with Crippen molar-refractivity contribution in [2.45, 2.75) is 44.9 Å². The van der Waals surface area contributed by atoms with Crippen LogP contribution in [0.3, 0.4) is 0 Å². The van der Waals surface area contributed by atoms with Crippen LogP contribution in [-0.4, -0.2) is 40.1 Å². The van der Waals surface area contributed by atoms with Gasteiger partial charge in [-0.15, -0.1) is 0 Å². The van der Waals surface area contributed by atoms with E-state index in [1.54, 1.807) is 0 Å². The predicted molar refractivity (Wildman–Crippen MR) is 74.0 cm³/mol. The van der Waals surface area contributed by atoms with E-state index in [2.05, 4.69) is 16.9 Å². The van der Waals surface area contributed by atoms with E-state index in [1.165, 1.54) is 11.8 Å². The van der Waals surface area contributed by atoms with Gasteiger partial charge in [-0.3, -0.25) is 0 Å². The van der Waals surface area contributed by atoms with Crippen molar-refractivity contribution in [3.8, 4) is 0 Å². The topological polar surface area (TPSA) is 55.2 Å². The number of aromatic nitrogens is 2. The summed E-state index contributed by atoms with van der Waals surface area (Å²) >= 11 is 1.47. The Morgan fingerprint density at radius 2 is 2.00 bits per heavy atom. The van der Waals surface area contributed by atoms with Crippen LogP contribution in [-0.2, 0) is 4.74 Å². The van der Waals surface area contributed by atoms with Crippen LogP contribution in [0.4, 0.5) is 0 Å². The third kappa shape index (κ3) is 6.33. The molecule has 0 radical (unpaired) electrons. The highest BCUT2D eigenvalue weighted by Crippen LogP contribution is 2.15. The second-order valence-corrected chi connectivity index (χ2v) is 5.31. The second-order valence-electron chi connectivity index (χ2n) is 4.33. The first-order chi connectivity index (χ1) is 8.61. The molecular formula is C13H22N2O2S. The van der Waals surface area contributed by atoms with Crippen molar-refractivity contribution in [2.75, 3.05) is 19.0 Å². The van der Waals surface area contributed by atoms with E-state index in [1.807, 2.05) is 19.9 Å². The molecule has 1 N–H and O–H groups in total. The number of hydrogen-bond acceptors (Lipinski definition) is 5. The lowest BCUT2D eigenvalue weighted by molar-refractivity contribution is 0.0473. The highest BCUT2D eigenvalue weighted by molar-refractivity contribution is 7.99. The molecule has 0 fully saturated rings. The number of thioether (sulfide) groups is 1. The monoisotopic (exact) mass is 270 g/mol. The summed E-state index contributed by atoms with van der Waals surface area (Å²) in [6, 6.07) is 1.94. The van der Waals surface area contributed by atoms with Gasteiger partial charge in [0.05, 0.1) is 12.7 Å². The molecule has 0 aliphatic carbocycles. The largest absolute Gasteiger partial charge is 0.390 e. The molecule has 102 valence electrons. The van der Waals surface area contributed by atoms with Crippen molar-refractivity contribution in [2.24, 2.45) is 0 Å². The molecule has 1 aromatic heterocycles. The number of aliphatic hydroxyl groups excluding tert-OH is 1. The number of unbranched alkanes of at least 4 members (excludes halogenated alkanes) is 1. The average molecular weight is 270 g/mol. The van der Waals surface area contributed by atoms with Crippen LogP contribution in [0.2, 0.25) is 0 Å².